The number of halogens is 2. The van der Waals surface area contributed by atoms with E-state index >= 15 is 0 Å². The number of rotatable bonds is 6. The molecule has 0 aliphatic rings. The smallest absolute Gasteiger partial charge is 0.292 e. The lowest BCUT2D eigenvalue weighted by Crippen LogP contribution is -2.32. The molecular formula is C24H18Cl2NO2S+. The zero-order valence-electron chi connectivity index (χ0n) is 15.8. The third-order valence-electron chi connectivity index (χ3n) is 4.71. The summed E-state index contributed by atoms with van der Waals surface area (Å²) in [5.41, 5.74) is 1.63. The monoisotopic (exact) mass is 454 g/mol. The van der Waals surface area contributed by atoms with Crippen molar-refractivity contribution < 1.29 is 14.7 Å². The third-order valence-corrected chi connectivity index (χ3v) is 6.48. The Bertz CT molecular complexity index is 1210. The number of thioether (sulfide) groups is 1. The van der Waals surface area contributed by atoms with E-state index in [0.29, 0.717) is 15.1 Å². The van der Waals surface area contributed by atoms with Gasteiger partial charge in [0, 0.05) is 33.3 Å². The van der Waals surface area contributed by atoms with Crippen molar-refractivity contribution in [1.82, 2.24) is 0 Å². The van der Waals surface area contributed by atoms with Gasteiger partial charge in [-0.3, -0.25) is 10.0 Å². The molecule has 0 bridgehead atoms. The van der Waals surface area contributed by atoms with Gasteiger partial charge in [-0.25, -0.2) is 0 Å². The number of fused-ring (bicyclic) bond motifs is 1. The largest absolute Gasteiger partial charge is 0.298 e. The van der Waals surface area contributed by atoms with Gasteiger partial charge in [-0.1, -0.05) is 59.6 Å². The molecule has 6 heteroatoms. The molecule has 150 valence electrons. The van der Waals surface area contributed by atoms with Gasteiger partial charge in [0.2, 0.25) is 6.20 Å². The van der Waals surface area contributed by atoms with Crippen molar-refractivity contribution in [3.63, 3.8) is 0 Å². The number of hydrogen-bond donors (Lipinski definition) is 1. The number of benzene rings is 3. The van der Waals surface area contributed by atoms with E-state index in [0.717, 1.165) is 26.6 Å². The van der Waals surface area contributed by atoms with Crippen LogP contribution in [-0.2, 0) is 11.2 Å². The van der Waals surface area contributed by atoms with Crippen molar-refractivity contribution in [2.75, 3.05) is 0 Å². The van der Waals surface area contributed by atoms with Gasteiger partial charge in [-0.05, 0) is 64.0 Å². The maximum atomic E-state index is 13.4. The molecule has 0 radical (unpaired) electrons. The van der Waals surface area contributed by atoms with E-state index in [1.54, 1.807) is 36.5 Å². The van der Waals surface area contributed by atoms with Gasteiger partial charge in [0.25, 0.3) is 5.03 Å². The first kappa shape index (κ1) is 20.7. The minimum Gasteiger partial charge on any atom is -0.298 e. The SMILES string of the molecule is O=C(Cc1cc(Cl)cc(Cl)c1)C(Sc1cccc[n+]1O)c1ccc2ccccc2c1. The minimum atomic E-state index is -0.506. The van der Waals surface area contributed by atoms with Crippen LogP contribution in [0.5, 0.6) is 0 Å². The van der Waals surface area contributed by atoms with Gasteiger partial charge in [-0.2, -0.15) is 0 Å². The number of pyridine rings is 1. The van der Waals surface area contributed by atoms with Crippen molar-refractivity contribution in [1.29, 1.82) is 0 Å². The number of nitrogens with zero attached hydrogens (tertiary/aromatic N) is 1. The first-order valence-electron chi connectivity index (χ1n) is 9.32. The van der Waals surface area contributed by atoms with Crippen molar-refractivity contribution in [2.45, 2.75) is 16.7 Å². The zero-order chi connectivity index (χ0) is 21.1. The summed E-state index contributed by atoms with van der Waals surface area (Å²) in [7, 11) is 0. The molecule has 0 aliphatic carbocycles. The molecule has 1 aromatic heterocycles. The second-order valence-corrected chi connectivity index (χ2v) is 8.91. The van der Waals surface area contributed by atoms with E-state index < -0.39 is 5.25 Å². The summed E-state index contributed by atoms with van der Waals surface area (Å²) in [5, 5.41) is 13.4. The lowest BCUT2D eigenvalue weighted by atomic mass is 9.99. The highest BCUT2D eigenvalue weighted by molar-refractivity contribution is 8.00. The lowest BCUT2D eigenvalue weighted by Gasteiger charge is -2.15. The van der Waals surface area contributed by atoms with E-state index in [2.05, 4.69) is 0 Å². The predicted molar refractivity (Wildman–Crippen MR) is 122 cm³/mol. The number of hydrogen-bond acceptors (Lipinski definition) is 3. The molecule has 1 N–H and O–H groups in total. The van der Waals surface area contributed by atoms with E-state index in [1.807, 2.05) is 48.5 Å². The maximum Gasteiger partial charge on any atom is 0.292 e. The normalized spacial score (nSPS) is 12.1. The summed E-state index contributed by atoms with van der Waals surface area (Å²) in [5.74, 6) is -0.00234. The van der Waals surface area contributed by atoms with Crippen LogP contribution in [0, 0.1) is 0 Å². The summed E-state index contributed by atoms with van der Waals surface area (Å²) in [6.07, 6.45) is 1.73. The Kier molecular flexibility index (Phi) is 6.28. The molecule has 3 nitrogen and oxygen atoms in total. The first-order chi connectivity index (χ1) is 14.5. The molecule has 4 rings (SSSR count). The van der Waals surface area contributed by atoms with Crippen molar-refractivity contribution in [3.05, 3.63) is 106 Å². The van der Waals surface area contributed by atoms with Crippen LogP contribution in [-0.4, -0.2) is 11.0 Å². The second kappa shape index (κ2) is 9.09. The van der Waals surface area contributed by atoms with Crippen LogP contribution in [0.15, 0.2) is 90.1 Å². The van der Waals surface area contributed by atoms with E-state index in [4.69, 9.17) is 23.2 Å². The Hall–Kier alpha value is -2.53. The van der Waals surface area contributed by atoms with E-state index in [1.165, 1.54) is 11.8 Å². The number of ketones is 1. The summed E-state index contributed by atoms with van der Waals surface area (Å²) in [4.78, 5) is 13.4. The fourth-order valence-electron chi connectivity index (χ4n) is 3.33. The number of aromatic nitrogens is 1. The minimum absolute atomic E-state index is 0.00234. The van der Waals surface area contributed by atoms with Gasteiger partial charge >= 0.3 is 0 Å². The van der Waals surface area contributed by atoms with Gasteiger partial charge in [0.05, 0.1) is 5.25 Å². The number of carbonyl (C=O) groups is 1. The van der Waals surface area contributed by atoms with Crippen molar-refractivity contribution in [3.8, 4) is 0 Å². The van der Waals surface area contributed by atoms with Crippen molar-refractivity contribution in [2.24, 2.45) is 0 Å². The Morgan fingerprint density at radius 1 is 0.900 bits per heavy atom. The Morgan fingerprint density at radius 3 is 2.33 bits per heavy atom. The van der Waals surface area contributed by atoms with Crippen LogP contribution in [0.3, 0.4) is 0 Å². The summed E-state index contributed by atoms with van der Waals surface area (Å²) in [6, 6.07) is 24.5. The molecule has 0 amide bonds. The molecule has 0 saturated heterocycles. The average molecular weight is 455 g/mol. The molecule has 1 unspecified atom stereocenters. The highest BCUT2D eigenvalue weighted by atomic mass is 35.5. The van der Waals surface area contributed by atoms with Gasteiger partial charge < -0.3 is 0 Å². The van der Waals surface area contributed by atoms with Crippen LogP contribution < -0.4 is 4.73 Å². The highest BCUT2D eigenvalue weighted by Gasteiger charge is 2.27. The van der Waals surface area contributed by atoms with Crippen molar-refractivity contribution >= 4 is 51.5 Å². The molecular weight excluding hydrogens is 437 g/mol. The second-order valence-electron chi connectivity index (χ2n) is 6.91. The van der Waals surface area contributed by atoms with Gasteiger partial charge in [0.1, 0.15) is 0 Å². The van der Waals surface area contributed by atoms with Crippen LogP contribution in [0.1, 0.15) is 16.4 Å². The molecule has 0 fully saturated rings. The van der Waals surface area contributed by atoms with Crippen LogP contribution >= 0.6 is 35.0 Å². The third kappa shape index (κ3) is 4.78. The fourth-order valence-corrected chi connectivity index (χ4v) is 4.97. The zero-order valence-corrected chi connectivity index (χ0v) is 18.2. The summed E-state index contributed by atoms with van der Waals surface area (Å²) in [6.45, 7) is 0. The Balaban J connectivity index is 1.71. The summed E-state index contributed by atoms with van der Waals surface area (Å²) >= 11 is 13.5. The predicted octanol–water partition coefficient (Wildman–Crippen LogP) is 6.32. The standard InChI is InChI=1S/C24H18Cl2NO2S/c25-20-11-16(12-21(26)15-20)13-22(28)24(30-23-7-3-4-10-27(23)29)19-9-8-17-5-1-2-6-18(17)14-19/h1-12,14-15,24,29H,13H2/q+1. The molecule has 0 saturated carbocycles. The first-order valence-corrected chi connectivity index (χ1v) is 11.0. The molecule has 1 heterocycles. The Labute approximate surface area is 188 Å². The molecule has 0 aliphatic heterocycles. The van der Waals surface area contributed by atoms with Crippen LogP contribution in [0.2, 0.25) is 10.0 Å². The number of Topliss-reactive ketones (excluding diaryl/α,β-unsaturated/α-hetero) is 1. The van der Waals surface area contributed by atoms with Gasteiger partial charge in [-0.15, -0.1) is 0 Å². The molecule has 4 aromatic rings. The molecule has 30 heavy (non-hydrogen) atoms. The topological polar surface area (TPSA) is 41.2 Å². The van der Waals surface area contributed by atoms with Crippen LogP contribution in [0.4, 0.5) is 0 Å². The summed E-state index contributed by atoms with van der Waals surface area (Å²) < 4.78 is 1.03. The number of carbonyl (C=O) groups excluding carboxylic acids is 1. The fraction of sp³-hybridized carbons (Fsp3) is 0.0833. The van der Waals surface area contributed by atoms with Crippen LogP contribution in [0.25, 0.3) is 10.8 Å². The molecule has 3 aromatic carbocycles. The van der Waals surface area contributed by atoms with E-state index in [-0.39, 0.29) is 12.2 Å². The lowest BCUT2D eigenvalue weighted by molar-refractivity contribution is -0.932. The van der Waals surface area contributed by atoms with E-state index in [9.17, 15) is 10.0 Å². The quantitative estimate of drug-likeness (QED) is 0.210. The van der Waals surface area contributed by atoms with Gasteiger partial charge in [0.15, 0.2) is 5.78 Å². The highest BCUT2D eigenvalue weighted by Crippen LogP contribution is 2.36. The average Bonchev–Trinajstić information content (AvgIpc) is 2.72. The maximum absolute atomic E-state index is 13.4. The Morgan fingerprint density at radius 2 is 1.60 bits per heavy atom. The molecule has 0 spiro atoms. The molecule has 1 atom stereocenters.